The summed E-state index contributed by atoms with van der Waals surface area (Å²) in [4.78, 5) is 0. The molecule has 164 valence electrons. The lowest BCUT2D eigenvalue weighted by molar-refractivity contribution is 0.364. The Morgan fingerprint density at radius 2 is 0.926 bits per heavy atom. The molecule has 0 saturated heterocycles. The van der Waals surface area contributed by atoms with Crippen LogP contribution in [0.1, 0.15) is 45.4 Å². The van der Waals surface area contributed by atoms with Crippen LogP contribution < -0.4 is 0 Å². The first-order valence-electron chi connectivity index (χ1n) is 9.52. The van der Waals surface area contributed by atoms with Crippen molar-refractivity contribution >= 4 is 100 Å². The fourth-order valence-corrected chi connectivity index (χ4v) is 18.6. The van der Waals surface area contributed by atoms with E-state index in [0.717, 1.165) is 10.5 Å². The van der Waals surface area contributed by atoms with Crippen LogP contribution in [0.15, 0.2) is 0 Å². The first-order chi connectivity index (χ1) is 13.4. The normalized spacial score (nSPS) is 15.4. The summed E-state index contributed by atoms with van der Waals surface area (Å²) in [6.07, 6.45) is 8.16. The van der Waals surface area contributed by atoms with Gasteiger partial charge in [0, 0.05) is 0 Å². The van der Waals surface area contributed by atoms with Gasteiger partial charge in [0.25, 0.3) is 80.1 Å². The van der Waals surface area contributed by atoms with Gasteiger partial charge in [0.05, 0.1) is 0 Å². The Morgan fingerprint density at radius 3 is 1.41 bits per heavy atom. The summed E-state index contributed by atoms with van der Waals surface area (Å²) in [6, 6.07) is 1.29. The zero-order chi connectivity index (χ0) is 19.7. The van der Waals surface area contributed by atoms with Crippen LogP contribution in [0.4, 0.5) is 0 Å². The van der Waals surface area contributed by atoms with E-state index in [1.165, 1.54) is 44.6 Å². The van der Waals surface area contributed by atoms with E-state index >= 15 is 0 Å². The van der Waals surface area contributed by atoms with Crippen molar-refractivity contribution in [1.82, 2.24) is 0 Å². The molecule has 19 heteroatoms. The van der Waals surface area contributed by atoms with Gasteiger partial charge in [-0.1, -0.05) is 45.4 Å². The van der Waals surface area contributed by atoms with Crippen molar-refractivity contribution in [1.29, 1.82) is 0 Å². The van der Waals surface area contributed by atoms with Crippen LogP contribution in [-0.4, -0.2) is 100 Å². The third-order valence-electron chi connectivity index (χ3n) is 3.26. The van der Waals surface area contributed by atoms with E-state index in [1.807, 2.05) is 0 Å². The van der Waals surface area contributed by atoms with E-state index in [4.69, 9.17) is 37.0 Å². The van der Waals surface area contributed by atoms with Crippen LogP contribution in [-0.2, 0) is 37.0 Å². The van der Waals surface area contributed by atoms with Crippen molar-refractivity contribution in [3.63, 3.8) is 0 Å². The predicted molar refractivity (Wildman–Crippen MR) is 135 cm³/mol. The van der Waals surface area contributed by atoms with E-state index in [2.05, 4.69) is 6.92 Å². The molecule has 0 unspecified atom stereocenters. The van der Waals surface area contributed by atoms with Crippen molar-refractivity contribution in [3.05, 3.63) is 0 Å². The van der Waals surface area contributed by atoms with Gasteiger partial charge in [-0.15, -0.1) is 0 Å². The number of unbranched alkanes of at least 4 members (excludes halogenated alkanes) is 5. The molecule has 0 spiro atoms. The zero-order valence-electron chi connectivity index (χ0n) is 17.0. The predicted octanol–water partition coefficient (Wildman–Crippen LogP) is -6.73. The lowest BCUT2D eigenvalue weighted by atomic mass is 10.1. The van der Waals surface area contributed by atoms with Gasteiger partial charge in [-0.05, 0) is 6.04 Å². The highest BCUT2D eigenvalue weighted by atomic mass is 28.4. The largest absolute Gasteiger partial charge is 0.449 e. The summed E-state index contributed by atoms with van der Waals surface area (Å²) >= 11 is 0. The molecule has 9 nitrogen and oxygen atoms in total. The van der Waals surface area contributed by atoms with Crippen LogP contribution in [0.25, 0.3) is 0 Å². The molecule has 0 aromatic rings. The Kier molecular flexibility index (Phi) is 29.7. The summed E-state index contributed by atoms with van der Waals surface area (Å²) < 4.78 is 48.8. The standard InChI is InChI=1S/C8H38O9Si10/c1-2-3-4-5-6-7-8-19-10-21-12-23-14-25-16-27-17-26-15-24-13-22-11-20-9-18/h2-8,19-27H2,1,18H3. The Bertz CT molecular complexity index is 251. The second-order valence-corrected chi connectivity index (χ2v) is 24.1. The molecule has 0 saturated carbocycles. The van der Waals surface area contributed by atoms with Crippen molar-refractivity contribution < 1.29 is 37.0 Å². The second kappa shape index (κ2) is 27.8. The Morgan fingerprint density at radius 1 is 0.519 bits per heavy atom. The average Bonchev–Trinajstić information content (AvgIpc) is 2.68. The molecule has 0 heterocycles. The van der Waals surface area contributed by atoms with Crippen LogP contribution in [0, 0.1) is 0 Å². The molecule has 0 radical (unpaired) electrons. The van der Waals surface area contributed by atoms with Gasteiger partial charge < -0.3 is 37.0 Å². The zero-order valence-corrected chi connectivity index (χ0v) is 31.7. The van der Waals surface area contributed by atoms with Crippen molar-refractivity contribution in [2.75, 3.05) is 0 Å². The SMILES string of the molecule is CCCCCCCC[SiH2]O[SiH2]O[SiH2]O[SiH2]O[SiH2]O[SiH2]O[SiH2]O[SiH2]O[SiH2]O[SiH3]. The first kappa shape index (κ1) is 28.8. The molecular formula is C8H38O9Si10. The lowest BCUT2D eigenvalue weighted by Crippen LogP contribution is -2.21. The summed E-state index contributed by atoms with van der Waals surface area (Å²) in [6.45, 7) is 2.25. The first-order valence-corrected chi connectivity index (χ1v) is 21.2. The summed E-state index contributed by atoms with van der Waals surface area (Å²) in [7, 11) is -6.54. The van der Waals surface area contributed by atoms with Crippen molar-refractivity contribution in [2.24, 2.45) is 0 Å². The molecule has 0 aliphatic rings. The van der Waals surface area contributed by atoms with Gasteiger partial charge in [0.15, 0.2) is 0 Å². The van der Waals surface area contributed by atoms with Crippen molar-refractivity contribution in [2.45, 2.75) is 51.5 Å². The molecule has 27 heavy (non-hydrogen) atoms. The van der Waals surface area contributed by atoms with E-state index in [9.17, 15) is 0 Å². The molecule has 0 atom stereocenters. The van der Waals surface area contributed by atoms with Gasteiger partial charge in [-0.3, -0.25) is 0 Å². The van der Waals surface area contributed by atoms with E-state index in [0.29, 0.717) is 0 Å². The summed E-state index contributed by atoms with van der Waals surface area (Å²) in [5, 5.41) is 0. The maximum Gasteiger partial charge on any atom is 0.286 e. The van der Waals surface area contributed by atoms with Crippen LogP contribution >= 0.6 is 0 Å². The molecule has 0 fully saturated rings. The lowest BCUT2D eigenvalue weighted by Gasteiger charge is -2.08. The highest BCUT2D eigenvalue weighted by Crippen LogP contribution is 2.06. The third-order valence-corrected chi connectivity index (χ3v) is 16.1. The van der Waals surface area contributed by atoms with E-state index < -0.39 is 80.1 Å². The molecule has 0 amide bonds. The molecular weight excluding hydrogens is 521 g/mol. The molecule has 0 N–H and O–H groups in total. The Labute approximate surface area is 188 Å². The Balaban J connectivity index is 2.95. The minimum atomic E-state index is -0.933. The quantitative estimate of drug-likeness (QED) is 0.0848. The fraction of sp³-hybridized carbons (Fsp3) is 1.00. The monoisotopic (exact) mass is 558 g/mol. The third kappa shape index (κ3) is 27.8. The van der Waals surface area contributed by atoms with Crippen LogP contribution in [0.3, 0.4) is 0 Å². The molecule has 0 aromatic carbocycles. The average molecular weight is 559 g/mol. The van der Waals surface area contributed by atoms with E-state index in [1.54, 1.807) is 0 Å². The molecule has 0 rings (SSSR count). The smallest absolute Gasteiger partial charge is 0.286 e. The van der Waals surface area contributed by atoms with Gasteiger partial charge in [0.2, 0.25) is 0 Å². The number of hydrogen-bond donors (Lipinski definition) is 0. The molecule has 0 aromatic heterocycles. The van der Waals surface area contributed by atoms with Gasteiger partial charge in [-0.25, -0.2) is 0 Å². The molecule has 0 bridgehead atoms. The summed E-state index contributed by atoms with van der Waals surface area (Å²) in [5.74, 6) is 0. The fourth-order valence-electron chi connectivity index (χ4n) is 1.95. The summed E-state index contributed by atoms with van der Waals surface area (Å²) in [5.41, 5.74) is 0. The van der Waals surface area contributed by atoms with E-state index in [-0.39, 0.29) is 9.76 Å². The maximum absolute atomic E-state index is 5.72. The van der Waals surface area contributed by atoms with Crippen LogP contribution in [0.2, 0.25) is 6.04 Å². The molecule has 0 aliphatic carbocycles. The minimum absolute atomic E-state index is 0.347. The minimum Gasteiger partial charge on any atom is -0.449 e. The highest BCUT2D eigenvalue weighted by Gasteiger charge is 1.97. The van der Waals surface area contributed by atoms with Gasteiger partial charge in [0.1, 0.15) is 20.2 Å². The maximum atomic E-state index is 5.72. The highest BCUT2D eigenvalue weighted by molar-refractivity contribution is 6.49. The van der Waals surface area contributed by atoms with Crippen LogP contribution in [0.5, 0.6) is 0 Å². The number of hydrogen-bond acceptors (Lipinski definition) is 9. The van der Waals surface area contributed by atoms with Crippen molar-refractivity contribution in [3.8, 4) is 0 Å². The molecule has 0 aliphatic heterocycles. The van der Waals surface area contributed by atoms with Gasteiger partial charge >= 0.3 is 0 Å². The topological polar surface area (TPSA) is 83.1 Å². The second-order valence-electron chi connectivity index (χ2n) is 5.69. The number of rotatable bonds is 24. The van der Waals surface area contributed by atoms with Gasteiger partial charge in [-0.2, -0.15) is 0 Å². The Hall–Kier alpha value is 1.81.